The third-order valence-electron chi connectivity index (χ3n) is 2.17. The van der Waals surface area contributed by atoms with Crippen LogP contribution < -0.4 is 10.6 Å². The summed E-state index contributed by atoms with van der Waals surface area (Å²) in [5, 5.41) is 0. The molecule has 3 heteroatoms. The van der Waals surface area contributed by atoms with Crippen molar-refractivity contribution in [3.8, 4) is 0 Å². The van der Waals surface area contributed by atoms with E-state index in [9.17, 15) is 4.79 Å². The van der Waals surface area contributed by atoms with Crippen molar-refractivity contribution in [2.45, 2.75) is 6.17 Å². The van der Waals surface area contributed by atoms with Crippen LogP contribution in [-0.2, 0) is 4.79 Å². The lowest BCUT2D eigenvalue weighted by molar-refractivity contribution is -0.106. The average molecular weight is 162 g/mol. The molecule has 0 unspecified atom stereocenters. The second kappa shape index (κ2) is 2.60. The topological polar surface area (TPSA) is 46.3 Å². The molecule has 0 amide bonds. The quantitative estimate of drug-likeness (QED) is 0.650. The van der Waals surface area contributed by atoms with Gasteiger partial charge in [0.1, 0.15) is 12.5 Å². The van der Waals surface area contributed by atoms with Crippen LogP contribution in [0, 0.1) is 0 Å². The number of para-hydroxylation sites is 1. The summed E-state index contributed by atoms with van der Waals surface area (Å²) in [6.45, 7) is 0.387. The minimum absolute atomic E-state index is 0.0913. The van der Waals surface area contributed by atoms with Crippen LogP contribution in [0.15, 0.2) is 24.3 Å². The number of benzene rings is 1. The molecule has 12 heavy (non-hydrogen) atoms. The van der Waals surface area contributed by atoms with Crippen molar-refractivity contribution in [2.24, 2.45) is 5.73 Å². The first-order valence-electron chi connectivity index (χ1n) is 3.89. The molecule has 2 N–H and O–H groups in total. The number of anilines is 1. The summed E-state index contributed by atoms with van der Waals surface area (Å²) in [6.07, 6.45) is 0.780. The van der Waals surface area contributed by atoms with Crippen molar-refractivity contribution in [3.63, 3.8) is 0 Å². The van der Waals surface area contributed by atoms with Crippen molar-refractivity contribution in [3.05, 3.63) is 29.8 Å². The molecule has 1 atom stereocenters. The van der Waals surface area contributed by atoms with Gasteiger partial charge in [-0.2, -0.15) is 0 Å². The van der Waals surface area contributed by atoms with Crippen LogP contribution in [0.4, 0.5) is 5.69 Å². The van der Waals surface area contributed by atoms with E-state index in [0.29, 0.717) is 6.54 Å². The van der Waals surface area contributed by atoms with Gasteiger partial charge in [0.25, 0.3) is 0 Å². The normalized spacial score (nSPS) is 19.8. The highest BCUT2D eigenvalue weighted by atomic mass is 16.1. The van der Waals surface area contributed by atoms with E-state index in [0.717, 1.165) is 17.5 Å². The molecule has 0 saturated heterocycles. The molecule has 0 saturated carbocycles. The number of fused-ring (bicyclic) bond motifs is 1. The van der Waals surface area contributed by atoms with Crippen molar-refractivity contribution in [1.82, 2.24) is 0 Å². The first kappa shape index (κ1) is 7.31. The maximum absolute atomic E-state index is 10.3. The summed E-state index contributed by atoms with van der Waals surface area (Å²) in [5.74, 6) is 0. The van der Waals surface area contributed by atoms with E-state index in [1.807, 2.05) is 29.2 Å². The lowest BCUT2D eigenvalue weighted by Crippen LogP contribution is -2.44. The molecular weight excluding hydrogens is 152 g/mol. The number of nitrogens with two attached hydrogens (primary N) is 1. The Balaban J connectivity index is 2.30. The molecule has 1 heterocycles. The van der Waals surface area contributed by atoms with Crippen LogP contribution in [0.3, 0.4) is 0 Å². The van der Waals surface area contributed by atoms with Gasteiger partial charge < -0.3 is 15.4 Å². The number of rotatable bonds is 2. The van der Waals surface area contributed by atoms with Crippen LogP contribution in [0.1, 0.15) is 11.7 Å². The van der Waals surface area contributed by atoms with Gasteiger partial charge in [0.2, 0.25) is 0 Å². The predicted octanol–water partition coefficient (Wildman–Crippen LogP) is 0.663. The number of hydrogen-bond acceptors (Lipinski definition) is 3. The van der Waals surface area contributed by atoms with Gasteiger partial charge in [-0.3, -0.25) is 0 Å². The number of hydrogen-bond donors (Lipinski definition) is 1. The zero-order valence-corrected chi connectivity index (χ0v) is 6.60. The molecule has 1 aromatic carbocycles. The second-order valence-corrected chi connectivity index (χ2v) is 2.82. The summed E-state index contributed by atoms with van der Waals surface area (Å²) in [5.41, 5.74) is 7.99. The minimum Gasteiger partial charge on any atom is -0.345 e. The van der Waals surface area contributed by atoms with Gasteiger partial charge in [-0.25, -0.2) is 0 Å². The Kier molecular flexibility index (Phi) is 1.59. The van der Waals surface area contributed by atoms with Crippen molar-refractivity contribution >= 4 is 12.0 Å². The van der Waals surface area contributed by atoms with E-state index in [-0.39, 0.29) is 6.17 Å². The summed E-state index contributed by atoms with van der Waals surface area (Å²) in [4.78, 5) is 12.1. The largest absolute Gasteiger partial charge is 0.345 e. The monoisotopic (exact) mass is 162 g/mol. The number of nitrogens with zero attached hydrogens (tertiary/aromatic N) is 1. The second-order valence-electron chi connectivity index (χ2n) is 2.82. The third-order valence-corrected chi connectivity index (χ3v) is 2.17. The predicted molar refractivity (Wildman–Crippen MR) is 46.8 cm³/mol. The Morgan fingerprint density at radius 1 is 1.50 bits per heavy atom. The first-order chi connectivity index (χ1) is 5.84. The van der Waals surface area contributed by atoms with Crippen LogP contribution >= 0.6 is 0 Å². The molecule has 1 aliphatic rings. The molecule has 1 aromatic rings. The fraction of sp³-hybridized carbons (Fsp3) is 0.222. The minimum atomic E-state index is -0.0913. The molecule has 1 aliphatic heterocycles. The van der Waals surface area contributed by atoms with E-state index in [1.165, 1.54) is 0 Å². The highest BCUT2D eigenvalue weighted by molar-refractivity contribution is 5.71. The lowest BCUT2D eigenvalue weighted by Gasteiger charge is -2.41. The Labute approximate surface area is 70.8 Å². The maximum Gasteiger partial charge on any atom is 0.139 e. The van der Waals surface area contributed by atoms with Gasteiger partial charge in [-0.05, 0) is 6.07 Å². The number of carbonyl (C=O) groups is 1. The van der Waals surface area contributed by atoms with Gasteiger partial charge in [0.05, 0.1) is 6.54 Å². The highest BCUT2D eigenvalue weighted by Gasteiger charge is 2.29. The molecule has 3 nitrogen and oxygen atoms in total. The Morgan fingerprint density at radius 2 is 2.25 bits per heavy atom. The molecule has 0 fully saturated rings. The molecule has 0 aromatic heterocycles. The summed E-state index contributed by atoms with van der Waals surface area (Å²) in [6, 6.07) is 7.86. The Bertz CT molecular complexity index is 311. The van der Waals surface area contributed by atoms with Gasteiger partial charge in [-0.15, -0.1) is 0 Å². The van der Waals surface area contributed by atoms with E-state index >= 15 is 0 Å². The SMILES string of the molecule is N[C@H]1c2ccccc2N1CC=O. The molecule has 0 radical (unpaired) electrons. The fourth-order valence-electron chi connectivity index (χ4n) is 1.54. The molecular formula is C9H10N2O. The fourth-order valence-corrected chi connectivity index (χ4v) is 1.54. The van der Waals surface area contributed by atoms with E-state index in [4.69, 9.17) is 5.73 Å². The Hall–Kier alpha value is -1.35. The molecule has 0 spiro atoms. The van der Waals surface area contributed by atoms with E-state index in [1.54, 1.807) is 0 Å². The molecule has 0 bridgehead atoms. The van der Waals surface area contributed by atoms with Crippen LogP contribution in [-0.4, -0.2) is 12.8 Å². The van der Waals surface area contributed by atoms with Crippen LogP contribution in [0.5, 0.6) is 0 Å². The summed E-state index contributed by atoms with van der Waals surface area (Å²) < 4.78 is 0. The average Bonchev–Trinajstić information content (AvgIpc) is 2.13. The summed E-state index contributed by atoms with van der Waals surface area (Å²) >= 11 is 0. The van der Waals surface area contributed by atoms with E-state index in [2.05, 4.69) is 0 Å². The third kappa shape index (κ3) is 0.833. The molecule has 2 rings (SSSR count). The van der Waals surface area contributed by atoms with Crippen molar-refractivity contribution in [2.75, 3.05) is 11.4 Å². The van der Waals surface area contributed by atoms with Gasteiger partial charge in [0.15, 0.2) is 0 Å². The van der Waals surface area contributed by atoms with Crippen molar-refractivity contribution < 1.29 is 4.79 Å². The number of aldehydes is 1. The maximum atomic E-state index is 10.3. The zero-order valence-electron chi connectivity index (χ0n) is 6.60. The van der Waals surface area contributed by atoms with Gasteiger partial charge >= 0.3 is 0 Å². The standard InChI is InChI=1S/C9H10N2O/c10-9-7-3-1-2-4-8(7)11(9)5-6-12/h1-4,6,9H,5,10H2/t9-/m1/s1. The van der Waals surface area contributed by atoms with Gasteiger partial charge in [0, 0.05) is 11.3 Å². The smallest absolute Gasteiger partial charge is 0.139 e. The first-order valence-corrected chi connectivity index (χ1v) is 3.89. The van der Waals surface area contributed by atoms with Crippen LogP contribution in [0.2, 0.25) is 0 Å². The van der Waals surface area contributed by atoms with Crippen molar-refractivity contribution in [1.29, 1.82) is 0 Å². The van der Waals surface area contributed by atoms with Crippen LogP contribution in [0.25, 0.3) is 0 Å². The molecule has 0 aliphatic carbocycles. The van der Waals surface area contributed by atoms with E-state index < -0.39 is 0 Å². The summed E-state index contributed by atoms with van der Waals surface area (Å²) in [7, 11) is 0. The zero-order chi connectivity index (χ0) is 8.55. The highest BCUT2D eigenvalue weighted by Crippen LogP contribution is 2.38. The Morgan fingerprint density at radius 3 is 3.00 bits per heavy atom. The molecule has 62 valence electrons. The lowest BCUT2D eigenvalue weighted by atomic mass is 10.00. The number of carbonyl (C=O) groups excluding carboxylic acids is 1. The van der Waals surface area contributed by atoms with Gasteiger partial charge in [-0.1, -0.05) is 18.2 Å².